The average molecular weight is 342 g/mol. The van der Waals surface area contributed by atoms with Crippen LogP contribution in [0.25, 0.3) is 0 Å². The Labute approximate surface area is 144 Å². The predicted octanol–water partition coefficient (Wildman–Crippen LogP) is 1.58. The van der Waals surface area contributed by atoms with E-state index in [4.69, 9.17) is 14.2 Å². The van der Waals surface area contributed by atoms with Crippen LogP contribution in [-0.4, -0.2) is 68.6 Å². The molecule has 1 atom stereocenters. The number of amides is 2. The van der Waals surface area contributed by atoms with E-state index in [9.17, 15) is 9.59 Å². The lowest BCUT2D eigenvalue weighted by atomic mass is 10.1. The van der Waals surface area contributed by atoms with E-state index in [-0.39, 0.29) is 11.8 Å². The Morgan fingerprint density at radius 3 is 2.54 bits per heavy atom. The zero-order valence-electron chi connectivity index (χ0n) is 15.0. The largest absolute Gasteiger partial charge is 0.444 e. The summed E-state index contributed by atoms with van der Waals surface area (Å²) in [5.41, 5.74) is -0.499. The predicted molar refractivity (Wildman–Crippen MR) is 90.8 cm³/mol. The van der Waals surface area contributed by atoms with Crippen molar-refractivity contribution in [3.63, 3.8) is 0 Å². The Kier molecular flexibility index (Phi) is 8.78. The van der Waals surface area contributed by atoms with Crippen molar-refractivity contribution in [1.29, 1.82) is 0 Å². The normalized spacial score (nSPS) is 17.9. The van der Waals surface area contributed by atoms with Gasteiger partial charge in [-0.1, -0.05) is 6.08 Å². The molecular weight excluding hydrogens is 312 g/mol. The van der Waals surface area contributed by atoms with Crippen LogP contribution < -0.4 is 5.32 Å². The first-order chi connectivity index (χ1) is 11.3. The minimum Gasteiger partial charge on any atom is -0.444 e. The molecule has 0 saturated carbocycles. The molecule has 24 heavy (non-hydrogen) atoms. The maximum atomic E-state index is 11.7. The molecule has 7 heteroatoms. The molecule has 1 aliphatic heterocycles. The second-order valence-corrected chi connectivity index (χ2v) is 6.69. The van der Waals surface area contributed by atoms with Crippen molar-refractivity contribution in [3.8, 4) is 0 Å². The lowest BCUT2D eigenvalue weighted by molar-refractivity contribution is -0.128. The van der Waals surface area contributed by atoms with Crippen LogP contribution in [-0.2, 0) is 19.0 Å². The van der Waals surface area contributed by atoms with Gasteiger partial charge >= 0.3 is 6.09 Å². The van der Waals surface area contributed by atoms with Crippen LogP contribution in [0.3, 0.4) is 0 Å². The summed E-state index contributed by atoms with van der Waals surface area (Å²) in [6, 6.07) is 0. The van der Waals surface area contributed by atoms with Crippen molar-refractivity contribution in [2.45, 2.75) is 32.8 Å². The number of likely N-dealkylation sites (tertiary alicyclic amines) is 1. The van der Waals surface area contributed by atoms with Gasteiger partial charge in [0.05, 0.1) is 26.4 Å². The van der Waals surface area contributed by atoms with Crippen molar-refractivity contribution in [1.82, 2.24) is 10.2 Å². The molecule has 0 spiro atoms. The van der Waals surface area contributed by atoms with Crippen LogP contribution in [0.1, 0.15) is 27.2 Å². The van der Waals surface area contributed by atoms with Gasteiger partial charge in [-0.25, -0.2) is 4.79 Å². The minimum absolute atomic E-state index is 0.160. The Morgan fingerprint density at radius 2 is 1.96 bits per heavy atom. The average Bonchev–Trinajstić information content (AvgIpc) is 2.84. The van der Waals surface area contributed by atoms with Crippen LogP contribution in [0.15, 0.2) is 12.7 Å². The third-order valence-corrected chi connectivity index (χ3v) is 3.37. The van der Waals surface area contributed by atoms with E-state index in [1.807, 2.05) is 26.8 Å². The molecule has 1 heterocycles. The van der Waals surface area contributed by atoms with Crippen molar-refractivity contribution in [2.24, 2.45) is 5.92 Å². The van der Waals surface area contributed by atoms with Gasteiger partial charge in [0, 0.05) is 32.0 Å². The summed E-state index contributed by atoms with van der Waals surface area (Å²) in [6.45, 7) is 12.7. The first-order valence-electron chi connectivity index (χ1n) is 8.34. The van der Waals surface area contributed by atoms with E-state index >= 15 is 0 Å². The molecule has 0 aromatic rings. The molecule has 1 unspecified atom stereocenters. The van der Waals surface area contributed by atoms with Gasteiger partial charge in [-0.3, -0.25) is 4.79 Å². The Hall–Kier alpha value is -1.60. The Bertz CT molecular complexity index is 420. The summed E-state index contributed by atoms with van der Waals surface area (Å²) in [5.74, 6) is 0.422. The molecule has 0 aromatic carbocycles. The number of rotatable bonds is 10. The molecule has 1 rings (SSSR count). The quantitative estimate of drug-likeness (QED) is 0.482. The van der Waals surface area contributed by atoms with Gasteiger partial charge < -0.3 is 24.4 Å². The van der Waals surface area contributed by atoms with Crippen molar-refractivity contribution >= 4 is 12.0 Å². The van der Waals surface area contributed by atoms with Crippen molar-refractivity contribution in [3.05, 3.63) is 12.7 Å². The maximum Gasteiger partial charge on any atom is 0.407 e. The molecule has 7 nitrogen and oxygen atoms in total. The van der Waals surface area contributed by atoms with Crippen LogP contribution >= 0.6 is 0 Å². The third-order valence-electron chi connectivity index (χ3n) is 3.37. The second kappa shape index (κ2) is 10.3. The van der Waals surface area contributed by atoms with E-state index in [2.05, 4.69) is 11.9 Å². The van der Waals surface area contributed by atoms with E-state index in [1.165, 1.54) is 0 Å². The Morgan fingerprint density at radius 1 is 1.29 bits per heavy atom. The SMILES string of the molecule is C=CC1CC(=O)N(CCOCCOCCNC(=O)OC(C)(C)C)C1. The smallest absolute Gasteiger partial charge is 0.407 e. The number of carbonyl (C=O) groups is 2. The summed E-state index contributed by atoms with van der Waals surface area (Å²) < 4.78 is 15.9. The molecule has 1 fully saturated rings. The molecule has 0 aliphatic carbocycles. The van der Waals surface area contributed by atoms with E-state index < -0.39 is 11.7 Å². The first kappa shape index (κ1) is 20.4. The number of nitrogens with one attached hydrogen (secondary N) is 1. The molecular formula is C17H30N2O5. The highest BCUT2D eigenvalue weighted by Gasteiger charge is 2.26. The van der Waals surface area contributed by atoms with Crippen LogP contribution in [0.2, 0.25) is 0 Å². The highest BCUT2D eigenvalue weighted by atomic mass is 16.6. The van der Waals surface area contributed by atoms with E-state index in [0.717, 1.165) is 6.54 Å². The lowest BCUT2D eigenvalue weighted by Crippen LogP contribution is -2.34. The monoisotopic (exact) mass is 342 g/mol. The topological polar surface area (TPSA) is 77.1 Å². The summed E-state index contributed by atoms with van der Waals surface area (Å²) in [5, 5.41) is 2.61. The fraction of sp³-hybridized carbons (Fsp3) is 0.765. The molecule has 0 radical (unpaired) electrons. The molecule has 138 valence electrons. The molecule has 1 saturated heterocycles. The fourth-order valence-electron chi connectivity index (χ4n) is 2.21. The Balaban J connectivity index is 1.92. The third kappa shape index (κ3) is 8.88. The van der Waals surface area contributed by atoms with Gasteiger partial charge in [-0.2, -0.15) is 0 Å². The molecule has 1 N–H and O–H groups in total. The summed E-state index contributed by atoms with van der Waals surface area (Å²) in [4.78, 5) is 24.9. The summed E-state index contributed by atoms with van der Waals surface area (Å²) >= 11 is 0. The van der Waals surface area contributed by atoms with Gasteiger partial charge in [0.15, 0.2) is 0 Å². The number of alkyl carbamates (subject to hydrolysis) is 1. The molecule has 0 bridgehead atoms. The minimum atomic E-state index is -0.499. The highest BCUT2D eigenvalue weighted by molar-refractivity contribution is 5.78. The number of hydrogen-bond acceptors (Lipinski definition) is 5. The summed E-state index contributed by atoms with van der Waals surface area (Å²) in [7, 11) is 0. The molecule has 1 aliphatic rings. The number of nitrogens with zero attached hydrogens (tertiary/aromatic N) is 1. The number of carbonyl (C=O) groups excluding carboxylic acids is 2. The van der Waals surface area contributed by atoms with Gasteiger partial charge in [0.2, 0.25) is 5.91 Å². The zero-order valence-corrected chi connectivity index (χ0v) is 15.0. The number of hydrogen-bond donors (Lipinski definition) is 1. The zero-order chi connectivity index (χ0) is 18.0. The van der Waals surface area contributed by atoms with Crippen LogP contribution in [0.4, 0.5) is 4.79 Å². The first-order valence-corrected chi connectivity index (χ1v) is 8.34. The second-order valence-electron chi connectivity index (χ2n) is 6.69. The van der Waals surface area contributed by atoms with E-state index in [1.54, 1.807) is 4.90 Å². The van der Waals surface area contributed by atoms with Crippen LogP contribution in [0, 0.1) is 5.92 Å². The van der Waals surface area contributed by atoms with Gasteiger partial charge in [-0.05, 0) is 20.8 Å². The van der Waals surface area contributed by atoms with Gasteiger partial charge in [0.25, 0.3) is 0 Å². The lowest BCUT2D eigenvalue weighted by Gasteiger charge is -2.19. The highest BCUT2D eigenvalue weighted by Crippen LogP contribution is 2.17. The standard InChI is InChI=1S/C17H30N2O5/c1-5-14-12-15(20)19(13-14)7-9-23-11-10-22-8-6-18-16(21)24-17(2,3)4/h5,14H,1,6-13H2,2-4H3,(H,18,21). The van der Waals surface area contributed by atoms with E-state index in [0.29, 0.717) is 45.9 Å². The van der Waals surface area contributed by atoms with Crippen molar-refractivity contribution in [2.75, 3.05) is 46.1 Å². The number of ether oxygens (including phenoxy) is 3. The molecule has 0 aromatic heterocycles. The van der Waals surface area contributed by atoms with Gasteiger partial charge in [0.1, 0.15) is 5.60 Å². The maximum absolute atomic E-state index is 11.7. The van der Waals surface area contributed by atoms with Gasteiger partial charge in [-0.15, -0.1) is 6.58 Å². The summed E-state index contributed by atoms with van der Waals surface area (Å²) in [6.07, 6.45) is 1.94. The van der Waals surface area contributed by atoms with Crippen LogP contribution in [0.5, 0.6) is 0 Å². The molecule has 2 amide bonds. The van der Waals surface area contributed by atoms with Crippen molar-refractivity contribution < 1.29 is 23.8 Å². The fourth-order valence-corrected chi connectivity index (χ4v) is 2.21.